The number of piperazine rings is 1. The number of hydrogen-bond donors (Lipinski definition) is 2. The van der Waals surface area contributed by atoms with Crippen LogP contribution in [0.25, 0.3) is 0 Å². The molecule has 0 aromatic rings. The van der Waals surface area contributed by atoms with E-state index in [1.807, 2.05) is 13.8 Å². The molecule has 1 heterocycles. The third-order valence-corrected chi connectivity index (χ3v) is 3.32. The molecule has 2 amide bonds. The van der Waals surface area contributed by atoms with E-state index in [0.717, 1.165) is 39.0 Å². The minimum atomic E-state index is -0.0611. The molecule has 0 aliphatic carbocycles. The molecule has 0 saturated carbocycles. The Morgan fingerprint density at radius 1 is 1.20 bits per heavy atom. The van der Waals surface area contributed by atoms with E-state index < -0.39 is 0 Å². The SMILES string of the molecule is CCCNC(=O)CN(CCC)C(=O)CN1CCNCC1. The van der Waals surface area contributed by atoms with Gasteiger partial charge in [-0.15, -0.1) is 0 Å². The van der Waals surface area contributed by atoms with Crippen molar-refractivity contribution in [3.05, 3.63) is 0 Å². The number of carbonyl (C=O) groups excluding carboxylic acids is 2. The third-order valence-electron chi connectivity index (χ3n) is 3.32. The average molecular weight is 284 g/mol. The zero-order valence-corrected chi connectivity index (χ0v) is 12.8. The van der Waals surface area contributed by atoms with Gasteiger partial charge in [-0.2, -0.15) is 0 Å². The van der Waals surface area contributed by atoms with E-state index in [1.54, 1.807) is 4.90 Å². The van der Waals surface area contributed by atoms with Gasteiger partial charge in [0, 0.05) is 39.3 Å². The quantitative estimate of drug-likeness (QED) is 0.640. The Balaban J connectivity index is 2.42. The monoisotopic (exact) mass is 284 g/mol. The van der Waals surface area contributed by atoms with Gasteiger partial charge >= 0.3 is 0 Å². The second kappa shape index (κ2) is 9.72. The van der Waals surface area contributed by atoms with Crippen LogP contribution in [0.3, 0.4) is 0 Å². The van der Waals surface area contributed by atoms with Gasteiger partial charge in [-0.3, -0.25) is 14.5 Å². The van der Waals surface area contributed by atoms with E-state index in [4.69, 9.17) is 0 Å². The molecule has 20 heavy (non-hydrogen) atoms. The fourth-order valence-corrected chi connectivity index (χ4v) is 2.22. The first kappa shape index (κ1) is 16.9. The van der Waals surface area contributed by atoms with Crippen molar-refractivity contribution in [3.8, 4) is 0 Å². The van der Waals surface area contributed by atoms with Gasteiger partial charge < -0.3 is 15.5 Å². The number of amides is 2. The Kier molecular flexibility index (Phi) is 8.22. The van der Waals surface area contributed by atoms with Gasteiger partial charge in [-0.1, -0.05) is 13.8 Å². The highest BCUT2D eigenvalue weighted by molar-refractivity contribution is 5.85. The van der Waals surface area contributed by atoms with Gasteiger partial charge in [-0.05, 0) is 12.8 Å². The predicted molar refractivity (Wildman–Crippen MR) is 79.5 cm³/mol. The molecule has 116 valence electrons. The highest BCUT2D eigenvalue weighted by atomic mass is 16.2. The van der Waals surface area contributed by atoms with E-state index in [2.05, 4.69) is 15.5 Å². The Morgan fingerprint density at radius 2 is 1.90 bits per heavy atom. The van der Waals surface area contributed by atoms with Crippen LogP contribution in [-0.4, -0.2) is 74.0 Å². The van der Waals surface area contributed by atoms with Crippen LogP contribution < -0.4 is 10.6 Å². The fourth-order valence-electron chi connectivity index (χ4n) is 2.22. The number of carbonyl (C=O) groups is 2. The van der Waals surface area contributed by atoms with Gasteiger partial charge in [0.05, 0.1) is 13.1 Å². The van der Waals surface area contributed by atoms with Crippen LogP contribution in [0.2, 0.25) is 0 Å². The maximum Gasteiger partial charge on any atom is 0.239 e. The largest absolute Gasteiger partial charge is 0.355 e. The topological polar surface area (TPSA) is 64.7 Å². The lowest BCUT2D eigenvalue weighted by molar-refractivity contribution is -0.137. The Morgan fingerprint density at radius 3 is 2.50 bits per heavy atom. The second-order valence-electron chi connectivity index (χ2n) is 5.19. The maximum atomic E-state index is 12.3. The van der Waals surface area contributed by atoms with Crippen molar-refractivity contribution in [2.45, 2.75) is 26.7 Å². The first-order chi connectivity index (χ1) is 9.67. The number of rotatable bonds is 8. The van der Waals surface area contributed by atoms with E-state index in [-0.39, 0.29) is 18.4 Å². The van der Waals surface area contributed by atoms with E-state index in [0.29, 0.717) is 19.6 Å². The van der Waals surface area contributed by atoms with Gasteiger partial charge in [0.1, 0.15) is 0 Å². The van der Waals surface area contributed by atoms with E-state index in [9.17, 15) is 9.59 Å². The van der Waals surface area contributed by atoms with Crippen LogP contribution in [0.15, 0.2) is 0 Å². The van der Waals surface area contributed by atoms with E-state index in [1.165, 1.54) is 0 Å². The van der Waals surface area contributed by atoms with Crippen molar-refractivity contribution in [2.75, 3.05) is 52.4 Å². The molecule has 1 rings (SSSR count). The van der Waals surface area contributed by atoms with Crippen LogP contribution in [-0.2, 0) is 9.59 Å². The number of hydrogen-bond acceptors (Lipinski definition) is 4. The minimum Gasteiger partial charge on any atom is -0.355 e. The molecule has 0 radical (unpaired) electrons. The third kappa shape index (κ3) is 6.34. The predicted octanol–water partition coefficient (Wildman–Crippen LogP) is -0.344. The molecule has 1 aliphatic rings. The lowest BCUT2D eigenvalue weighted by atomic mass is 10.3. The molecule has 0 spiro atoms. The summed E-state index contributed by atoms with van der Waals surface area (Å²) in [7, 11) is 0. The Hall–Kier alpha value is -1.14. The summed E-state index contributed by atoms with van der Waals surface area (Å²) in [5.74, 6) is -0.00522. The summed E-state index contributed by atoms with van der Waals surface area (Å²) in [4.78, 5) is 27.9. The molecular weight excluding hydrogens is 256 g/mol. The highest BCUT2D eigenvalue weighted by Crippen LogP contribution is 1.98. The Bertz CT molecular complexity index is 304. The first-order valence-electron chi connectivity index (χ1n) is 7.64. The molecule has 1 saturated heterocycles. The average Bonchev–Trinajstić information content (AvgIpc) is 2.45. The van der Waals surface area contributed by atoms with Crippen molar-refractivity contribution >= 4 is 11.8 Å². The normalized spacial score (nSPS) is 15.9. The Labute approximate surface area is 121 Å². The molecule has 1 fully saturated rings. The van der Waals surface area contributed by atoms with Crippen LogP contribution >= 0.6 is 0 Å². The van der Waals surface area contributed by atoms with Crippen LogP contribution in [0.5, 0.6) is 0 Å². The van der Waals surface area contributed by atoms with Crippen molar-refractivity contribution < 1.29 is 9.59 Å². The molecule has 0 unspecified atom stereocenters. The summed E-state index contributed by atoms with van der Waals surface area (Å²) in [6.45, 7) is 9.60. The lowest BCUT2D eigenvalue weighted by Gasteiger charge is -2.29. The highest BCUT2D eigenvalue weighted by Gasteiger charge is 2.20. The van der Waals surface area contributed by atoms with Crippen LogP contribution in [0.1, 0.15) is 26.7 Å². The zero-order valence-electron chi connectivity index (χ0n) is 12.8. The molecule has 1 aliphatic heterocycles. The summed E-state index contributed by atoms with van der Waals surface area (Å²) in [6.07, 6.45) is 1.78. The lowest BCUT2D eigenvalue weighted by Crippen LogP contribution is -2.50. The molecule has 0 bridgehead atoms. The first-order valence-corrected chi connectivity index (χ1v) is 7.64. The van der Waals surface area contributed by atoms with Gasteiger partial charge in [0.15, 0.2) is 0 Å². The minimum absolute atomic E-state index is 0.0559. The van der Waals surface area contributed by atoms with E-state index >= 15 is 0 Å². The summed E-state index contributed by atoms with van der Waals surface area (Å²) in [6, 6.07) is 0. The van der Waals surface area contributed by atoms with Crippen molar-refractivity contribution in [1.82, 2.24) is 20.4 Å². The summed E-state index contributed by atoms with van der Waals surface area (Å²) in [5, 5.41) is 6.09. The second-order valence-corrected chi connectivity index (χ2v) is 5.19. The smallest absolute Gasteiger partial charge is 0.239 e. The number of nitrogens with one attached hydrogen (secondary N) is 2. The van der Waals surface area contributed by atoms with Crippen molar-refractivity contribution in [1.29, 1.82) is 0 Å². The summed E-state index contributed by atoms with van der Waals surface area (Å²) >= 11 is 0. The maximum absolute atomic E-state index is 12.3. The molecule has 6 nitrogen and oxygen atoms in total. The van der Waals surface area contributed by atoms with Crippen molar-refractivity contribution in [3.63, 3.8) is 0 Å². The zero-order chi connectivity index (χ0) is 14.8. The molecule has 6 heteroatoms. The van der Waals surface area contributed by atoms with Crippen LogP contribution in [0.4, 0.5) is 0 Å². The fraction of sp³-hybridized carbons (Fsp3) is 0.857. The summed E-state index contributed by atoms with van der Waals surface area (Å²) in [5.41, 5.74) is 0. The standard InChI is InChI=1S/C14H28N4O2/c1-3-5-16-13(19)11-18(8-4-2)14(20)12-17-9-6-15-7-10-17/h15H,3-12H2,1-2H3,(H,16,19). The molecule has 0 aromatic carbocycles. The van der Waals surface area contributed by atoms with Gasteiger partial charge in [0.25, 0.3) is 0 Å². The molecule has 0 atom stereocenters. The molecular formula is C14H28N4O2. The molecule has 0 aromatic heterocycles. The van der Waals surface area contributed by atoms with Crippen LogP contribution in [0, 0.1) is 0 Å². The molecule has 2 N–H and O–H groups in total. The van der Waals surface area contributed by atoms with Gasteiger partial charge in [0.2, 0.25) is 11.8 Å². The summed E-state index contributed by atoms with van der Waals surface area (Å²) < 4.78 is 0. The number of nitrogens with zero attached hydrogens (tertiary/aromatic N) is 2. The van der Waals surface area contributed by atoms with Gasteiger partial charge in [-0.25, -0.2) is 0 Å². The van der Waals surface area contributed by atoms with Crippen molar-refractivity contribution in [2.24, 2.45) is 0 Å².